The molecule has 8 heavy (non-hydrogen) atoms. The first-order valence-corrected chi connectivity index (χ1v) is 1.95. The highest BCUT2D eigenvalue weighted by molar-refractivity contribution is 5.02. The summed E-state index contributed by atoms with van der Waals surface area (Å²) in [5.41, 5.74) is 0. The largest absolute Gasteiger partial charge is 0.288 e. The minimum Gasteiger partial charge on any atom is -0.266 e. The molecule has 0 saturated carbocycles. The number of nitrogens with zero attached hydrogens (tertiary/aromatic N) is 2. The van der Waals surface area contributed by atoms with Crippen LogP contribution in [0.4, 0.5) is 4.39 Å². The lowest BCUT2D eigenvalue weighted by Gasteiger charge is -1.80. The molecule has 0 aliphatic carbocycles. The lowest BCUT2D eigenvalue weighted by Crippen LogP contribution is -1.82. The summed E-state index contributed by atoms with van der Waals surface area (Å²) < 4.78 is 11.8. The maximum absolute atomic E-state index is 11.8. The van der Waals surface area contributed by atoms with E-state index in [9.17, 15) is 9.50 Å². The fourth-order valence-corrected chi connectivity index (χ4v) is 0.304. The second-order valence-electron chi connectivity index (χ2n) is 1.19. The zero-order chi connectivity index (χ0) is 5.98. The number of rotatable bonds is 0. The van der Waals surface area contributed by atoms with Crippen LogP contribution in [0.2, 0.25) is 0 Å². The lowest BCUT2D eigenvalue weighted by atomic mass is 10.6. The first-order valence-electron chi connectivity index (χ1n) is 1.95. The maximum atomic E-state index is 11.8. The SMILES string of the molecule is [O]c1ccc(F)nn1. The molecule has 1 aromatic heterocycles. The van der Waals surface area contributed by atoms with Crippen LogP contribution in [0.3, 0.4) is 0 Å². The van der Waals surface area contributed by atoms with Crippen LogP contribution >= 0.6 is 0 Å². The van der Waals surface area contributed by atoms with E-state index >= 15 is 0 Å². The summed E-state index contributed by atoms with van der Waals surface area (Å²) in [4.78, 5) is 0. The molecule has 0 aromatic carbocycles. The van der Waals surface area contributed by atoms with E-state index in [2.05, 4.69) is 10.2 Å². The molecule has 1 radical (unpaired) electrons. The molecule has 0 amide bonds. The molecule has 41 valence electrons. The van der Waals surface area contributed by atoms with Gasteiger partial charge in [-0.2, -0.15) is 4.39 Å². The van der Waals surface area contributed by atoms with Crippen molar-refractivity contribution in [2.45, 2.75) is 0 Å². The van der Waals surface area contributed by atoms with E-state index in [1.54, 1.807) is 0 Å². The number of halogens is 1. The Labute approximate surface area is 44.8 Å². The van der Waals surface area contributed by atoms with Crippen molar-refractivity contribution in [3.8, 4) is 5.88 Å². The van der Waals surface area contributed by atoms with Gasteiger partial charge in [-0.1, -0.05) is 0 Å². The van der Waals surface area contributed by atoms with Crippen LogP contribution < -0.4 is 0 Å². The molecule has 0 aliphatic rings. The predicted molar refractivity (Wildman–Crippen MR) is 22.1 cm³/mol. The van der Waals surface area contributed by atoms with Crippen LogP contribution in [0.15, 0.2) is 12.1 Å². The van der Waals surface area contributed by atoms with E-state index in [0.717, 1.165) is 12.1 Å². The van der Waals surface area contributed by atoms with Gasteiger partial charge in [-0.05, 0) is 0 Å². The third-order valence-corrected chi connectivity index (χ3v) is 0.608. The highest BCUT2D eigenvalue weighted by atomic mass is 19.1. The summed E-state index contributed by atoms with van der Waals surface area (Å²) in [6, 6.07) is 1.98. The van der Waals surface area contributed by atoms with E-state index < -0.39 is 11.8 Å². The van der Waals surface area contributed by atoms with Crippen LogP contribution in [-0.4, -0.2) is 10.2 Å². The monoisotopic (exact) mass is 113 g/mol. The van der Waals surface area contributed by atoms with Crippen LogP contribution in [0.5, 0.6) is 5.88 Å². The molecular weight excluding hydrogens is 111 g/mol. The van der Waals surface area contributed by atoms with Gasteiger partial charge in [0.15, 0.2) is 0 Å². The van der Waals surface area contributed by atoms with Gasteiger partial charge in [0.25, 0.3) is 5.88 Å². The van der Waals surface area contributed by atoms with Crippen molar-refractivity contribution in [1.82, 2.24) is 10.2 Å². The van der Waals surface area contributed by atoms with Crippen LogP contribution in [0, 0.1) is 5.95 Å². The molecule has 0 N–H and O–H groups in total. The highest BCUT2D eigenvalue weighted by Crippen LogP contribution is 1.99. The Hall–Kier alpha value is -1.19. The van der Waals surface area contributed by atoms with Gasteiger partial charge in [-0.15, -0.1) is 10.2 Å². The molecule has 1 rings (SSSR count). The standard InChI is InChI=1S/C4H2FN2O/c5-3-1-2-4(8)7-6-3/h1-2H. The van der Waals surface area contributed by atoms with Crippen molar-refractivity contribution in [2.75, 3.05) is 0 Å². The average molecular weight is 113 g/mol. The fourth-order valence-electron chi connectivity index (χ4n) is 0.304. The van der Waals surface area contributed by atoms with Crippen molar-refractivity contribution in [1.29, 1.82) is 0 Å². The Morgan fingerprint density at radius 1 is 1.38 bits per heavy atom. The first kappa shape index (κ1) is 4.96. The molecule has 4 heteroatoms. The van der Waals surface area contributed by atoms with E-state index in [4.69, 9.17) is 0 Å². The fraction of sp³-hybridized carbons (Fsp3) is 0. The van der Waals surface area contributed by atoms with Gasteiger partial charge < -0.3 is 0 Å². The third-order valence-electron chi connectivity index (χ3n) is 0.608. The van der Waals surface area contributed by atoms with Gasteiger partial charge in [-0.3, -0.25) is 5.11 Å². The van der Waals surface area contributed by atoms with Gasteiger partial charge in [0.2, 0.25) is 5.95 Å². The second kappa shape index (κ2) is 1.73. The first-order chi connectivity index (χ1) is 3.79. The summed E-state index contributed by atoms with van der Waals surface area (Å²) in [6.07, 6.45) is 0. The zero-order valence-electron chi connectivity index (χ0n) is 3.84. The number of hydrogen-bond acceptors (Lipinski definition) is 2. The average Bonchev–Trinajstić information content (AvgIpc) is 1.77. The highest BCUT2D eigenvalue weighted by Gasteiger charge is 1.91. The lowest BCUT2D eigenvalue weighted by molar-refractivity contribution is 0.327. The Kier molecular flexibility index (Phi) is 1.07. The Morgan fingerprint density at radius 2 is 2.12 bits per heavy atom. The predicted octanol–water partition coefficient (Wildman–Crippen LogP) is 0.759. The van der Waals surface area contributed by atoms with Gasteiger partial charge >= 0.3 is 0 Å². The van der Waals surface area contributed by atoms with Crippen molar-refractivity contribution in [3.63, 3.8) is 0 Å². The van der Waals surface area contributed by atoms with Gasteiger partial charge in [-0.25, -0.2) is 0 Å². The van der Waals surface area contributed by atoms with Gasteiger partial charge in [0.05, 0.1) is 0 Å². The Balaban J connectivity index is 3.03. The molecule has 0 bridgehead atoms. The van der Waals surface area contributed by atoms with Crippen LogP contribution in [0.1, 0.15) is 0 Å². The molecule has 0 saturated heterocycles. The van der Waals surface area contributed by atoms with Crippen molar-refractivity contribution in [2.24, 2.45) is 0 Å². The Bertz CT molecular complexity index is 153. The summed E-state index contributed by atoms with van der Waals surface area (Å²) in [5, 5.41) is 15.8. The molecule has 1 aromatic rings. The van der Waals surface area contributed by atoms with Crippen LogP contribution in [0.25, 0.3) is 0 Å². The summed E-state index contributed by atoms with van der Waals surface area (Å²) >= 11 is 0. The van der Waals surface area contributed by atoms with Gasteiger partial charge in [0.1, 0.15) is 0 Å². The molecule has 0 atom stereocenters. The van der Waals surface area contributed by atoms with Gasteiger partial charge in [0, 0.05) is 12.1 Å². The normalized spacial score (nSPS) is 9.12. The number of aromatic nitrogens is 2. The number of hydrogen-bond donors (Lipinski definition) is 0. The van der Waals surface area contributed by atoms with E-state index in [-0.39, 0.29) is 0 Å². The summed E-state index contributed by atoms with van der Waals surface area (Å²) in [5.74, 6) is -1.25. The van der Waals surface area contributed by atoms with Crippen molar-refractivity contribution >= 4 is 0 Å². The van der Waals surface area contributed by atoms with E-state index in [0.29, 0.717) is 0 Å². The van der Waals surface area contributed by atoms with E-state index in [1.165, 1.54) is 0 Å². The van der Waals surface area contributed by atoms with E-state index in [1.807, 2.05) is 0 Å². The summed E-state index contributed by atoms with van der Waals surface area (Å²) in [7, 11) is 0. The molecule has 0 unspecified atom stereocenters. The minimum absolute atomic E-state index is 0.522. The molecule has 0 aliphatic heterocycles. The third kappa shape index (κ3) is 0.900. The quantitative estimate of drug-likeness (QED) is 0.498. The molecule has 1 heterocycles. The molecular formula is C4H2FN2O. The maximum Gasteiger partial charge on any atom is 0.288 e. The molecule has 0 fully saturated rings. The van der Waals surface area contributed by atoms with Crippen molar-refractivity contribution < 1.29 is 9.50 Å². The zero-order valence-corrected chi connectivity index (χ0v) is 3.84. The molecule has 3 nitrogen and oxygen atoms in total. The second-order valence-corrected chi connectivity index (χ2v) is 1.19. The summed E-state index contributed by atoms with van der Waals surface area (Å²) in [6.45, 7) is 0. The Morgan fingerprint density at radius 3 is 2.50 bits per heavy atom. The van der Waals surface area contributed by atoms with Crippen LogP contribution in [-0.2, 0) is 5.11 Å². The van der Waals surface area contributed by atoms with Crippen molar-refractivity contribution in [3.05, 3.63) is 18.1 Å². The topological polar surface area (TPSA) is 45.7 Å². The minimum atomic E-state index is -0.732. The smallest absolute Gasteiger partial charge is 0.266 e. The molecule has 0 spiro atoms.